The molecule has 0 radical (unpaired) electrons. The lowest BCUT2D eigenvalue weighted by molar-refractivity contribution is 0.297. The Kier molecular flexibility index (Phi) is 3.29. The van der Waals surface area contributed by atoms with Gasteiger partial charge in [-0.25, -0.2) is 4.98 Å². The summed E-state index contributed by atoms with van der Waals surface area (Å²) in [5.74, 6) is 2.89. The molecule has 3 rings (SSSR count). The van der Waals surface area contributed by atoms with Gasteiger partial charge in [0.25, 0.3) is 0 Å². The highest BCUT2D eigenvalue weighted by molar-refractivity contribution is 5.80. The van der Waals surface area contributed by atoms with E-state index in [0.29, 0.717) is 25.7 Å². The van der Waals surface area contributed by atoms with Crippen LogP contribution in [0.3, 0.4) is 0 Å². The molecule has 0 saturated carbocycles. The molecule has 102 valence electrons. The lowest BCUT2D eigenvalue weighted by atomic mass is 10.1. The molecule has 0 saturated heterocycles. The van der Waals surface area contributed by atoms with Gasteiger partial charge < -0.3 is 20.2 Å². The molecule has 1 unspecified atom stereocenters. The van der Waals surface area contributed by atoms with Crippen LogP contribution in [0.5, 0.6) is 11.5 Å². The van der Waals surface area contributed by atoms with Crippen LogP contribution in [0.4, 0.5) is 0 Å². The van der Waals surface area contributed by atoms with Crippen molar-refractivity contribution in [3.63, 3.8) is 0 Å². The van der Waals surface area contributed by atoms with Crippen molar-refractivity contribution >= 4 is 11.0 Å². The van der Waals surface area contributed by atoms with Crippen molar-refractivity contribution in [2.24, 2.45) is 5.73 Å². The summed E-state index contributed by atoms with van der Waals surface area (Å²) in [5.41, 5.74) is 7.50. The Balaban J connectivity index is 1.99. The summed E-state index contributed by atoms with van der Waals surface area (Å²) < 4.78 is 11.4. The van der Waals surface area contributed by atoms with E-state index in [1.54, 1.807) is 0 Å². The van der Waals surface area contributed by atoms with Crippen molar-refractivity contribution in [3.05, 3.63) is 18.0 Å². The molecule has 1 atom stereocenters. The van der Waals surface area contributed by atoms with Crippen LogP contribution in [0.15, 0.2) is 12.1 Å². The topological polar surface area (TPSA) is 73.2 Å². The van der Waals surface area contributed by atoms with E-state index in [1.165, 1.54) is 0 Å². The number of H-pyrrole nitrogens is 1. The molecule has 19 heavy (non-hydrogen) atoms. The summed E-state index contributed by atoms with van der Waals surface area (Å²) in [6.07, 6.45) is 1.83. The standard InChI is InChI=1S/C14H19N3O2/c1-9(3-4-15)14-16-10-7-12-13(8-11(10)17-14)19-6-2-5-18-12/h7-9H,2-6,15H2,1H3,(H,16,17). The monoisotopic (exact) mass is 261 g/mol. The molecule has 0 amide bonds. The van der Waals surface area contributed by atoms with Gasteiger partial charge in [-0.05, 0) is 13.0 Å². The number of aromatic amines is 1. The van der Waals surface area contributed by atoms with Crippen molar-refractivity contribution in [2.45, 2.75) is 25.7 Å². The summed E-state index contributed by atoms with van der Waals surface area (Å²) in [7, 11) is 0. The van der Waals surface area contributed by atoms with Gasteiger partial charge in [0.1, 0.15) is 5.82 Å². The van der Waals surface area contributed by atoms with E-state index in [2.05, 4.69) is 16.9 Å². The number of aromatic nitrogens is 2. The lowest BCUT2D eigenvalue weighted by Crippen LogP contribution is -2.05. The maximum Gasteiger partial charge on any atom is 0.163 e. The number of ether oxygens (including phenoxy) is 2. The van der Waals surface area contributed by atoms with Crippen LogP contribution >= 0.6 is 0 Å². The summed E-state index contributed by atoms with van der Waals surface area (Å²) in [6, 6.07) is 3.92. The molecule has 1 aromatic heterocycles. The molecule has 0 spiro atoms. The first kappa shape index (κ1) is 12.3. The molecule has 1 aliphatic rings. The second-order valence-corrected chi connectivity index (χ2v) is 4.97. The Morgan fingerprint density at radius 1 is 1.32 bits per heavy atom. The number of nitrogens with zero attached hydrogens (tertiary/aromatic N) is 1. The van der Waals surface area contributed by atoms with E-state index in [4.69, 9.17) is 15.2 Å². The third kappa shape index (κ3) is 2.38. The largest absolute Gasteiger partial charge is 0.489 e. The van der Waals surface area contributed by atoms with Crippen LogP contribution < -0.4 is 15.2 Å². The van der Waals surface area contributed by atoms with Crippen LogP contribution in [-0.2, 0) is 0 Å². The molecule has 5 nitrogen and oxygen atoms in total. The summed E-state index contributed by atoms with van der Waals surface area (Å²) in [5, 5.41) is 0. The van der Waals surface area contributed by atoms with Gasteiger partial charge in [-0.3, -0.25) is 0 Å². The number of imidazole rings is 1. The van der Waals surface area contributed by atoms with Crippen molar-refractivity contribution in [1.82, 2.24) is 9.97 Å². The van der Waals surface area contributed by atoms with Crippen molar-refractivity contribution in [3.8, 4) is 11.5 Å². The zero-order chi connectivity index (χ0) is 13.2. The van der Waals surface area contributed by atoms with Gasteiger partial charge in [-0.1, -0.05) is 6.92 Å². The molecular weight excluding hydrogens is 242 g/mol. The molecule has 0 fully saturated rings. The summed E-state index contributed by atoms with van der Waals surface area (Å²) >= 11 is 0. The minimum atomic E-state index is 0.332. The minimum absolute atomic E-state index is 0.332. The maximum atomic E-state index is 5.68. The lowest BCUT2D eigenvalue weighted by Gasteiger charge is -2.05. The van der Waals surface area contributed by atoms with Gasteiger partial charge in [0.05, 0.1) is 24.2 Å². The van der Waals surface area contributed by atoms with Crippen LogP contribution in [0.25, 0.3) is 11.0 Å². The normalized spacial score (nSPS) is 16.3. The molecule has 0 aliphatic carbocycles. The van der Waals surface area contributed by atoms with Crippen molar-refractivity contribution in [2.75, 3.05) is 19.8 Å². The number of rotatable bonds is 3. The zero-order valence-electron chi connectivity index (χ0n) is 11.1. The zero-order valence-corrected chi connectivity index (χ0v) is 11.1. The van der Waals surface area contributed by atoms with E-state index in [1.807, 2.05) is 12.1 Å². The van der Waals surface area contributed by atoms with Crippen molar-refractivity contribution in [1.29, 1.82) is 0 Å². The van der Waals surface area contributed by atoms with Gasteiger partial charge in [0, 0.05) is 24.5 Å². The fourth-order valence-corrected chi connectivity index (χ4v) is 2.31. The smallest absolute Gasteiger partial charge is 0.163 e. The Morgan fingerprint density at radius 2 is 2.05 bits per heavy atom. The maximum absolute atomic E-state index is 5.68. The number of benzene rings is 1. The molecule has 1 aliphatic heterocycles. The Hall–Kier alpha value is -1.75. The Morgan fingerprint density at radius 3 is 2.79 bits per heavy atom. The highest BCUT2D eigenvalue weighted by atomic mass is 16.5. The molecule has 2 aromatic rings. The average Bonchev–Trinajstić information content (AvgIpc) is 2.67. The highest BCUT2D eigenvalue weighted by Gasteiger charge is 2.15. The Labute approximate surface area is 112 Å². The van der Waals surface area contributed by atoms with Gasteiger partial charge in [-0.2, -0.15) is 0 Å². The third-order valence-corrected chi connectivity index (χ3v) is 3.44. The molecule has 1 aromatic carbocycles. The molecule has 2 heterocycles. The minimum Gasteiger partial charge on any atom is -0.489 e. The number of nitrogens with two attached hydrogens (primary N) is 1. The first-order chi connectivity index (χ1) is 9.28. The molecule has 3 N–H and O–H groups in total. The van der Waals surface area contributed by atoms with E-state index in [9.17, 15) is 0 Å². The summed E-state index contributed by atoms with van der Waals surface area (Å²) in [4.78, 5) is 7.97. The van der Waals surface area contributed by atoms with Gasteiger partial charge in [0.15, 0.2) is 11.5 Å². The first-order valence-electron chi connectivity index (χ1n) is 6.77. The fraction of sp³-hybridized carbons (Fsp3) is 0.500. The second kappa shape index (κ2) is 5.09. The second-order valence-electron chi connectivity index (χ2n) is 4.97. The predicted octanol–water partition coefficient (Wildman–Crippen LogP) is 2.18. The first-order valence-corrected chi connectivity index (χ1v) is 6.77. The van der Waals surface area contributed by atoms with Crippen LogP contribution in [0.2, 0.25) is 0 Å². The van der Waals surface area contributed by atoms with E-state index in [-0.39, 0.29) is 0 Å². The van der Waals surface area contributed by atoms with Crippen molar-refractivity contribution < 1.29 is 9.47 Å². The van der Waals surface area contributed by atoms with E-state index in [0.717, 1.165) is 41.2 Å². The number of fused-ring (bicyclic) bond motifs is 2. The van der Waals surface area contributed by atoms with Crippen LogP contribution in [0, 0.1) is 0 Å². The van der Waals surface area contributed by atoms with Gasteiger partial charge >= 0.3 is 0 Å². The SMILES string of the molecule is CC(CCN)c1nc2cc3c(cc2[nH]1)OCCCO3. The number of nitrogens with one attached hydrogen (secondary N) is 1. The fourth-order valence-electron chi connectivity index (χ4n) is 2.31. The number of hydrogen-bond acceptors (Lipinski definition) is 4. The van der Waals surface area contributed by atoms with Gasteiger partial charge in [0.2, 0.25) is 0 Å². The molecule has 0 bridgehead atoms. The quantitative estimate of drug-likeness (QED) is 0.888. The van der Waals surface area contributed by atoms with E-state index < -0.39 is 0 Å². The van der Waals surface area contributed by atoms with Crippen LogP contribution in [-0.4, -0.2) is 29.7 Å². The molecular formula is C14H19N3O2. The third-order valence-electron chi connectivity index (χ3n) is 3.44. The average molecular weight is 261 g/mol. The predicted molar refractivity (Wildman–Crippen MR) is 73.8 cm³/mol. The van der Waals surface area contributed by atoms with E-state index >= 15 is 0 Å². The molecule has 5 heteroatoms. The van der Waals surface area contributed by atoms with Gasteiger partial charge in [-0.15, -0.1) is 0 Å². The Bertz CT molecular complexity index is 536. The number of hydrogen-bond donors (Lipinski definition) is 2. The highest BCUT2D eigenvalue weighted by Crippen LogP contribution is 2.34. The summed E-state index contributed by atoms with van der Waals surface area (Å²) in [6.45, 7) is 4.19. The van der Waals surface area contributed by atoms with Crippen LogP contribution in [0.1, 0.15) is 31.5 Å².